The predicted octanol–water partition coefficient (Wildman–Crippen LogP) is 2.88. The third-order valence-corrected chi connectivity index (χ3v) is 6.93. The molecule has 0 radical (unpaired) electrons. The van der Waals surface area contributed by atoms with Crippen LogP contribution >= 0.6 is 0 Å². The van der Waals surface area contributed by atoms with Crippen molar-refractivity contribution < 1.29 is 38.7 Å². The quantitative estimate of drug-likeness (QED) is 0.0994. The van der Waals surface area contributed by atoms with Crippen LogP contribution in [0.25, 0.3) is 0 Å². The second-order valence-electron chi connectivity index (χ2n) is 10.0. The molecule has 1 aliphatic heterocycles. The van der Waals surface area contributed by atoms with E-state index in [0.717, 1.165) is 0 Å². The molecule has 0 aliphatic carbocycles. The minimum absolute atomic E-state index is 0.00922. The molecule has 14 heteroatoms. The number of aromatic nitrogens is 1. The number of benzene rings is 2. The largest absolute Gasteiger partial charge is 0.507 e. The molecule has 14 nitrogen and oxygen atoms in total. The van der Waals surface area contributed by atoms with E-state index in [9.17, 15) is 34.4 Å². The number of pyridine rings is 1. The third kappa shape index (κ3) is 7.91. The Morgan fingerprint density at radius 3 is 2.11 bits per heavy atom. The molecular formula is C32H31N5O9. The summed E-state index contributed by atoms with van der Waals surface area (Å²) < 4.78 is 10.9. The molecule has 1 aromatic heterocycles. The second kappa shape index (κ2) is 15.1. The number of dihydropyridines is 1. The van der Waals surface area contributed by atoms with Gasteiger partial charge in [-0.25, -0.2) is 9.59 Å². The lowest BCUT2D eigenvalue weighted by Gasteiger charge is -2.30. The van der Waals surface area contributed by atoms with Gasteiger partial charge in [-0.15, -0.1) is 0 Å². The van der Waals surface area contributed by atoms with E-state index in [-0.39, 0.29) is 60.0 Å². The molecule has 4 N–H and O–H groups in total. The number of rotatable bonds is 12. The van der Waals surface area contributed by atoms with Crippen LogP contribution in [-0.4, -0.2) is 65.1 Å². The van der Waals surface area contributed by atoms with Crippen LogP contribution < -0.4 is 16.0 Å². The zero-order chi connectivity index (χ0) is 33.2. The Hall–Kier alpha value is -6.05. The molecule has 1 aliphatic rings. The van der Waals surface area contributed by atoms with Gasteiger partial charge in [-0.3, -0.25) is 24.7 Å². The van der Waals surface area contributed by atoms with Crippen molar-refractivity contribution in [1.82, 2.24) is 20.9 Å². The fourth-order valence-corrected chi connectivity index (χ4v) is 4.82. The van der Waals surface area contributed by atoms with Gasteiger partial charge in [-0.05, 0) is 43.7 Å². The van der Waals surface area contributed by atoms with Gasteiger partial charge in [-0.1, -0.05) is 24.3 Å². The Morgan fingerprint density at radius 2 is 1.52 bits per heavy atom. The molecule has 0 bridgehead atoms. The van der Waals surface area contributed by atoms with Crippen molar-refractivity contribution in [3.63, 3.8) is 0 Å². The molecule has 3 aromatic rings. The van der Waals surface area contributed by atoms with E-state index in [2.05, 4.69) is 20.9 Å². The van der Waals surface area contributed by atoms with Gasteiger partial charge >= 0.3 is 11.9 Å². The lowest BCUT2D eigenvalue weighted by Crippen LogP contribution is -2.34. The van der Waals surface area contributed by atoms with Crippen LogP contribution in [0.3, 0.4) is 0 Å². The zero-order valence-corrected chi connectivity index (χ0v) is 24.9. The zero-order valence-electron chi connectivity index (χ0n) is 24.9. The summed E-state index contributed by atoms with van der Waals surface area (Å²) in [5.74, 6) is -3.94. The van der Waals surface area contributed by atoms with Gasteiger partial charge in [0.15, 0.2) is 0 Å². The summed E-state index contributed by atoms with van der Waals surface area (Å²) in [6, 6.07) is 14.7. The average molecular weight is 630 g/mol. The number of non-ortho nitro benzene ring substituents is 1. The summed E-state index contributed by atoms with van der Waals surface area (Å²) in [5.41, 5.74) is 1.12. The molecule has 0 saturated heterocycles. The summed E-state index contributed by atoms with van der Waals surface area (Å²) in [6.45, 7) is 2.63. The Kier molecular flexibility index (Phi) is 10.8. The number of phenolic OH excluding ortho intramolecular Hbond substituents is 1. The number of esters is 2. The van der Waals surface area contributed by atoms with Crippen LogP contribution in [0, 0.1) is 10.1 Å². The van der Waals surface area contributed by atoms with Crippen LogP contribution in [-0.2, 0) is 19.1 Å². The number of allylic oxidation sites excluding steroid dienone is 2. The Labute approximate surface area is 263 Å². The first-order valence-corrected chi connectivity index (χ1v) is 14.1. The summed E-state index contributed by atoms with van der Waals surface area (Å²) in [6.07, 6.45) is 2.92. The molecule has 1 atom stereocenters. The fourth-order valence-electron chi connectivity index (χ4n) is 4.82. The Balaban J connectivity index is 1.50. The SMILES string of the molecule is CC1=C(C(=O)OCCNC(=O)c2cccnc2)[C@H](c2cccc([N+](=O)[O-])c2)C(C(=O)OCCNC(=O)c2ccccc2O)=C(C)N1. The highest BCUT2D eigenvalue weighted by molar-refractivity contribution is 6.00. The molecule has 0 spiro atoms. The molecule has 2 heterocycles. The van der Waals surface area contributed by atoms with Crippen molar-refractivity contribution in [2.45, 2.75) is 19.8 Å². The monoisotopic (exact) mass is 629 g/mol. The van der Waals surface area contributed by atoms with Crippen LogP contribution in [0.2, 0.25) is 0 Å². The minimum Gasteiger partial charge on any atom is -0.507 e. The van der Waals surface area contributed by atoms with Gasteiger partial charge in [0.05, 0.1) is 46.2 Å². The van der Waals surface area contributed by atoms with Crippen LogP contribution in [0.4, 0.5) is 5.69 Å². The summed E-state index contributed by atoms with van der Waals surface area (Å²) in [5, 5.41) is 29.6. The third-order valence-electron chi connectivity index (χ3n) is 6.93. The van der Waals surface area contributed by atoms with E-state index in [1.807, 2.05) is 0 Å². The first-order chi connectivity index (χ1) is 22.1. The van der Waals surface area contributed by atoms with E-state index >= 15 is 0 Å². The first kappa shape index (κ1) is 32.9. The number of carbonyl (C=O) groups excluding carboxylic acids is 4. The first-order valence-electron chi connectivity index (χ1n) is 14.1. The van der Waals surface area contributed by atoms with Crippen molar-refractivity contribution in [2.24, 2.45) is 0 Å². The van der Waals surface area contributed by atoms with Gasteiger partial charge in [-0.2, -0.15) is 0 Å². The minimum atomic E-state index is -1.11. The molecule has 4 rings (SSSR count). The molecule has 46 heavy (non-hydrogen) atoms. The van der Waals surface area contributed by atoms with E-state index in [1.54, 1.807) is 44.2 Å². The number of phenols is 1. The predicted molar refractivity (Wildman–Crippen MR) is 163 cm³/mol. The van der Waals surface area contributed by atoms with E-state index < -0.39 is 34.6 Å². The van der Waals surface area contributed by atoms with Crippen molar-refractivity contribution in [2.75, 3.05) is 26.3 Å². The number of hydrogen-bond acceptors (Lipinski definition) is 11. The highest BCUT2D eigenvalue weighted by Gasteiger charge is 2.38. The van der Waals surface area contributed by atoms with Crippen LogP contribution in [0.5, 0.6) is 5.75 Å². The number of nitrogens with zero attached hydrogens (tertiary/aromatic N) is 2. The van der Waals surface area contributed by atoms with Crippen molar-refractivity contribution in [3.05, 3.63) is 122 Å². The topological polar surface area (TPSA) is 199 Å². The van der Waals surface area contributed by atoms with Crippen LogP contribution in [0.15, 0.2) is 95.6 Å². The average Bonchev–Trinajstić information content (AvgIpc) is 3.05. The highest BCUT2D eigenvalue weighted by atomic mass is 16.6. The van der Waals surface area contributed by atoms with Gasteiger partial charge in [0, 0.05) is 35.9 Å². The fraction of sp³-hybridized carbons (Fsp3) is 0.219. The van der Waals surface area contributed by atoms with E-state index in [4.69, 9.17) is 9.47 Å². The number of aromatic hydroxyl groups is 1. The maximum atomic E-state index is 13.5. The van der Waals surface area contributed by atoms with E-state index in [0.29, 0.717) is 17.0 Å². The van der Waals surface area contributed by atoms with Gasteiger partial charge in [0.1, 0.15) is 19.0 Å². The van der Waals surface area contributed by atoms with Crippen molar-refractivity contribution >= 4 is 29.4 Å². The van der Waals surface area contributed by atoms with E-state index in [1.165, 1.54) is 42.7 Å². The Morgan fingerprint density at radius 1 is 0.891 bits per heavy atom. The highest BCUT2D eigenvalue weighted by Crippen LogP contribution is 2.40. The lowest BCUT2D eigenvalue weighted by atomic mass is 9.80. The molecule has 2 amide bonds. The number of nitro groups is 1. The summed E-state index contributed by atoms with van der Waals surface area (Å²) >= 11 is 0. The molecule has 0 fully saturated rings. The molecule has 2 aromatic carbocycles. The maximum absolute atomic E-state index is 13.5. The second-order valence-corrected chi connectivity index (χ2v) is 10.0. The van der Waals surface area contributed by atoms with Crippen molar-refractivity contribution in [1.29, 1.82) is 0 Å². The smallest absolute Gasteiger partial charge is 0.336 e. The number of ether oxygens (including phenoxy) is 2. The number of nitro benzene ring substituents is 1. The van der Waals surface area contributed by atoms with Gasteiger partial charge in [0.25, 0.3) is 17.5 Å². The van der Waals surface area contributed by atoms with Crippen LogP contribution in [0.1, 0.15) is 46.0 Å². The van der Waals surface area contributed by atoms with Gasteiger partial charge in [0.2, 0.25) is 0 Å². The van der Waals surface area contributed by atoms with Gasteiger partial charge < -0.3 is 30.5 Å². The number of para-hydroxylation sites is 1. The Bertz CT molecular complexity index is 1720. The molecule has 0 unspecified atom stereocenters. The number of amides is 2. The number of carbonyl (C=O) groups is 4. The number of nitrogens with one attached hydrogen (secondary N) is 3. The summed E-state index contributed by atoms with van der Waals surface area (Å²) in [7, 11) is 0. The lowest BCUT2D eigenvalue weighted by molar-refractivity contribution is -0.384. The standard InChI is InChI=1S/C32H31N5O9/c1-19-26(31(41)45-15-13-34-29(39)22-8-6-12-33-18-22)28(21-7-5-9-23(17-21)37(43)44)27(20(2)36-19)32(42)46-16-14-35-30(40)24-10-3-4-11-25(24)38/h3-12,17-18,28,36,38H,13-16H2,1-2H3,(H,34,39)(H,35,40)/t28-/m0/s1. The maximum Gasteiger partial charge on any atom is 0.336 e. The molecule has 0 saturated carbocycles. The van der Waals surface area contributed by atoms with Crippen molar-refractivity contribution in [3.8, 4) is 5.75 Å². The molecule has 238 valence electrons. The molecular weight excluding hydrogens is 598 g/mol. The normalized spacial score (nSPS) is 14.2. The summed E-state index contributed by atoms with van der Waals surface area (Å²) in [4.78, 5) is 66.5. The number of hydrogen-bond donors (Lipinski definition) is 4.